The van der Waals surface area contributed by atoms with Crippen LogP contribution >= 0.6 is 0 Å². The van der Waals surface area contributed by atoms with Gasteiger partial charge < -0.3 is 10.4 Å². The zero-order chi connectivity index (χ0) is 12.3. The van der Waals surface area contributed by atoms with Crippen molar-refractivity contribution in [2.24, 2.45) is 5.92 Å². The third kappa shape index (κ3) is 3.05. The van der Waals surface area contributed by atoms with Crippen LogP contribution in [-0.4, -0.2) is 21.0 Å². The summed E-state index contributed by atoms with van der Waals surface area (Å²) in [5.41, 5.74) is 1.33. The lowest BCUT2D eigenvalue weighted by Gasteiger charge is -2.11. The first-order valence-corrected chi connectivity index (χ1v) is 4.95. The van der Waals surface area contributed by atoms with Crippen molar-refractivity contribution < 1.29 is 9.90 Å². The molecule has 0 aliphatic heterocycles. The zero-order valence-electron chi connectivity index (χ0n) is 9.61. The van der Waals surface area contributed by atoms with E-state index < -0.39 is 5.97 Å². The van der Waals surface area contributed by atoms with Gasteiger partial charge in [-0.25, -0.2) is 14.8 Å². The van der Waals surface area contributed by atoms with Gasteiger partial charge in [0.05, 0.1) is 0 Å². The lowest BCUT2D eigenvalue weighted by molar-refractivity contribution is 0.0690. The molecule has 1 aromatic heterocycles. The van der Waals surface area contributed by atoms with Crippen LogP contribution in [0.2, 0.25) is 0 Å². The molecule has 0 amide bonds. The van der Waals surface area contributed by atoms with Crippen LogP contribution in [0.1, 0.15) is 30.0 Å². The van der Waals surface area contributed by atoms with E-state index in [1.807, 2.05) is 13.8 Å². The first-order chi connectivity index (χ1) is 7.40. The van der Waals surface area contributed by atoms with E-state index in [-0.39, 0.29) is 17.6 Å². The minimum absolute atomic E-state index is 0.0217. The van der Waals surface area contributed by atoms with Gasteiger partial charge in [0.25, 0.3) is 0 Å². The highest BCUT2D eigenvalue weighted by Gasteiger charge is 2.09. The molecule has 1 heterocycles. The van der Waals surface area contributed by atoms with Crippen molar-refractivity contribution in [1.82, 2.24) is 9.97 Å². The van der Waals surface area contributed by atoms with Crippen LogP contribution in [0.15, 0.2) is 18.3 Å². The molecule has 0 saturated carbocycles. The molecule has 86 valence electrons. The summed E-state index contributed by atoms with van der Waals surface area (Å²) in [6, 6.07) is 1.42. The fourth-order valence-electron chi connectivity index (χ4n) is 1.02. The van der Waals surface area contributed by atoms with E-state index in [9.17, 15) is 4.79 Å². The van der Waals surface area contributed by atoms with Crippen molar-refractivity contribution in [3.63, 3.8) is 0 Å². The monoisotopic (exact) mass is 221 g/mol. The number of aromatic nitrogens is 2. The molecule has 0 aliphatic carbocycles. The van der Waals surface area contributed by atoms with E-state index in [4.69, 9.17) is 5.11 Å². The summed E-state index contributed by atoms with van der Waals surface area (Å²) < 4.78 is 0. The Kier molecular flexibility index (Phi) is 3.60. The molecule has 16 heavy (non-hydrogen) atoms. The summed E-state index contributed by atoms with van der Waals surface area (Å²) in [5.74, 6) is -0.558. The molecule has 0 radical (unpaired) electrons. The second-order valence-electron chi connectivity index (χ2n) is 3.83. The lowest BCUT2D eigenvalue weighted by Crippen LogP contribution is -2.11. The second kappa shape index (κ2) is 4.74. The Hall–Kier alpha value is -1.91. The Morgan fingerprint density at radius 1 is 1.50 bits per heavy atom. The number of carboxylic acid groups (broad SMARTS) is 1. The molecule has 0 saturated heterocycles. The third-order valence-electron chi connectivity index (χ3n) is 2.04. The molecule has 2 N–H and O–H groups in total. The van der Waals surface area contributed by atoms with Gasteiger partial charge in [0, 0.05) is 11.4 Å². The fraction of sp³-hybridized carbons (Fsp3) is 0.364. The van der Waals surface area contributed by atoms with E-state index in [1.54, 1.807) is 6.92 Å². The largest absolute Gasteiger partial charge is 0.477 e. The number of carboxylic acids is 1. The summed E-state index contributed by atoms with van der Waals surface area (Å²) >= 11 is 0. The van der Waals surface area contributed by atoms with Gasteiger partial charge in [-0.3, -0.25) is 0 Å². The Balaban J connectivity index is 2.97. The van der Waals surface area contributed by atoms with Crippen LogP contribution in [0, 0.1) is 12.8 Å². The minimum Gasteiger partial charge on any atom is -0.477 e. The van der Waals surface area contributed by atoms with Crippen LogP contribution in [-0.2, 0) is 0 Å². The smallest absolute Gasteiger partial charge is 0.354 e. The standard InChI is InChI=1S/C11H15N3O2/c1-6(2)8(4)13-11-12-7(3)5-9(14-11)10(15)16/h5-6H,4H2,1-3H3,(H,15,16)(H,12,13,14). The van der Waals surface area contributed by atoms with Crippen LogP contribution in [0.25, 0.3) is 0 Å². The predicted molar refractivity (Wildman–Crippen MR) is 61.3 cm³/mol. The van der Waals surface area contributed by atoms with Crippen molar-refractivity contribution in [3.8, 4) is 0 Å². The highest BCUT2D eigenvalue weighted by Crippen LogP contribution is 2.11. The maximum Gasteiger partial charge on any atom is 0.354 e. The normalized spacial score (nSPS) is 10.2. The van der Waals surface area contributed by atoms with Gasteiger partial charge in [-0.15, -0.1) is 0 Å². The predicted octanol–water partition coefficient (Wildman–Crippen LogP) is 2.06. The molecule has 1 rings (SSSR count). The SMILES string of the molecule is C=C(Nc1nc(C)cc(C(=O)O)n1)C(C)C. The molecule has 0 spiro atoms. The molecule has 0 aromatic carbocycles. The van der Waals surface area contributed by atoms with Gasteiger partial charge in [0.1, 0.15) is 0 Å². The molecule has 5 nitrogen and oxygen atoms in total. The molecule has 0 bridgehead atoms. The van der Waals surface area contributed by atoms with Crippen LogP contribution in [0.4, 0.5) is 5.95 Å². The maximum atomic E-state index is 10.8. The van der Waals surface area contributed by atoms with Crippen LogP contribution < -0.4 is 5.32 Å². The summed E-state index contributed by atoms with van der Waals surface area (Å²) in [4.78, 5) is 18.7. The molecular formula is C11H15N3O2. The summed E-state index contributed by atoms with van der Waals surface area (Å²) in [6.45, 7) is 9.49. The molecule has 0 aliphatic rings. The fourth-order valence-corrected chi connectivity index (χ4v) is 1.02. The molecule has 0 atom stereocenters. The van der Waals surface area contributed by atoms with Crippen molar-refractivity contribution in [2.45, 2.75) is 20.8 Å². The second-order valence-corrected chi connectivity index (χ2v) is 3.83. The van der Waals surface area contributed by atoms with E-state index in [1.165, 1.54) is 6.07 Å². The summed E-state index contributed by atoms with van der Waals surface area (Å²) in [6.07, 6.45) is 0. The Labute approximate surface area is 94.2 Å². The Bertz CT molecular complexity index is 427. The van der Waals surface area contributed by atoms with Gasteiger partial charge >= 0.3 is 5.97 Å². The average Bonchev–Trinajstić information content (AvgIpc) is 2.16. The Morgan fingerprint density at radius 3 is 2.62 bits per heavy atom. The third-order valence-corrected chi connectivity index (χ3v) is 2.04. The number of rotatable bonds is 4. The van der Waals surface area contributed by atoms with Crippen molar-refractivity contribution in [1.29, 1.82) is 0 Å². The maximum absolute atomic E-state index is 10.8. The number of carbonyl (C=O) groups is 1. The van der Waals surface area contributed by atoms with Crippen molar-refractivity contribution >= 4 is 11.9 Å². The number of hydrogen-bond acceptors (Lipinski definition) is 4. The summed E-state index contributed by atoms with van der Waals surface area (Å²) in [5, 5.41) is 11.7. The molecule has 1 aromatic rings. The van der Waals surface area contributed by atoms with Crippen LogP contribution in [0.5, 0.6) is 0 Å². The molecule has 0 fully saturated rings. The van der Waals surface area contributed by atoms with Crippen molar-refractivity contribution in [2.75, 3.05) is 5.32 Å². The topological polar surface area (TPSA) is 75.1 Å². The van der Waals surface area contributed by atoms with Gasteiger partial charge in [-0.1, -0.05) is 20.4 Å². The van der Waals surface area contributed by atoms with Gasteiger partial charge in [0.15, 0.2) is 5.69 Å². The van der Waals surface area contributed by atoms with E-state index >= 15 is 0 Å². The Morgan fingerprint density at radius 2 is 2.12 bits per heavy atom. The van der Waals surface area contributed by atoms with E-state index in [2.05, 4.69) is 21.9 Å². The summed E-state index contributed by atoms with van der Waals surface area (Å²) in [7, 11) is 0. The minimum atomic E-state index is -1.07. The van der Waals surface area contributed by atoms with Gasteiger partial charge in [0.2, 0.25) is 5.95 Å². The number of aromatic carboxylic acids is 1. The number of hydrogen-bond donors (Lipinski definition) is 2. The first-order valence-electron chi connectivity index (χ1n) is 4.95. The number of nitrogens with zero attached hydrogens (tertiary/aromatic N) is 2. The van der Waals surface area contributed by atoms with Gasteiger partial charge in [-0.2, -0.15) is 0 Å². The number of aryl methyl sites for hydroxylation is 1. The van der Waals surface area contributed by atoms with Crippen LogP contribution in [0.3, 0.4) is 0 Å². The molecular weight excluding hydrogens is 206 g/mol. The van der Waals surface area contributed by atoms with Gasteiger partial charge in [-0.05, 0) is 18.9 Å². The zero-order valence-corrected chi connectivity index (χ0v) is 9.61. The molecule has 5 heteroatoms. The highest BCUT2D eigenvalue weighted by molar-refractivity contribution is 5.85. The first kappa shape index (κ1) is 12.2. The number of nitrogens with one attached hydrogen (secondary N) is 1. The quantitative estimate of drug-likeness (QED) is 0.814. The van der Waals surface area contributed by atoms with E-state index in [0.29, 0.717) is 5.69 Å². The molecule has 0 unspecified atom stereocenters. The highest BCUT2D eigenvalue weighted by atomic mass is 16.4. The lowest BCUT2D eigenvalue weighted by atomic mass is 10.2. The van der Waals surface area contributed by atoms with E-state index in [0.717, 1.165) is 5.70 Å². The average molecular weight is 221 g/mol. The number of allylic oxidation sites excluding steroid dienone is 1. The number of anilines is 1. The van der Waals surface area contributed by atoms with Crippen molar-refractivity contribution in [3.05, 3.63) is 29.7 Å².